The zero-order chi connectivity index (χ0) is 19.9. The Morgan fingerprint density at radius 3 is 2.54 bits per heavy atom. The van der Waals surface area contributed by atoms with E-state index in [-0.39, 0.29) is 5.70 Å². The predicted octanol–water partition coefficient (Wildman–Crippen LogP) is 4.92. The summed E-state index contributed by atoms with van der Waals surface area (Å²) in [4.78, 5) is 16.6. The molecule has 0 spiro atoms. The van der Waals surface area contributed by atoms with Gasteiger partial charge in [-0.05, 0) is 56.2 Å². The van der Waals surface area contributed by atoms with E-state index in [9.17, 15) is 4.79 Å². The lowest BCUT2D eigenvalue weighted by Gasteiger charge is -2.12. The van der Waals surface area contributed by atoms with Crippen LogP contribution in [0.2, 0.25) is 0 Å². The van der Waals surface area contributed by atoms with Gasteiger partial charge in [-0.15, -0.1) is 0 Å². The maximum absolute atomic E-state index is 12.2. The van der Waals surface area contributed by atoms with Crippen LogP contribution in [0.25, 0.3) is 6.08 Å². The highest BCUT2D eigenvalue weighted by Gasteiger charge is 2.24. The molecule has 1 heterocycles. The number of carbonyl (C=O) groups is 1. The molecule has 0 fully saturated rings. The minimum Gasteiger partial charge on any atom is -0.490 e. The molecule has 0 radical (unpaired) electrons. The number of esters is 1. The molecule has 0 bridgehead atoms. The molecule has 0 saturated heterocycles. The van der Waals surface area contributed by atoms with Gasteiger partial charge in [0.25, 0.3) is 0 Å². The third kappa shape index (κ3) is 4.80. The lowest BCUT2D eigenvalue weighted by atomic mass is 10.1. The maximum Gasteiger partial charge on any atom is 0.363 e. The van der Waals surface area contributed by atoms with Crippen LogP contribution >= 0.6 is 0 Å². The molecule has 2 aromatic carbocycles. The molecule has 0 unspecified atom stereocenters. The quantitative estimate of drug-likeness (QED) is 0.371. The summed E-state index contributed by atoms with van der Waals surface area (Å²) in [5.41, 5.74) is 2.97. The number of cyclic esters (lactones) is 1. The smallest absolute Gasteiger partial charge is 0.363 e. The number of ether oxygens (including phenoxy) is 3. The van der Waals surface area contributed by atoms with Crippen molar-refractivity contribution in [1.82, 2.24) is 0 Å². The fourth-order valence-corrected chi connectivity index (χ4v) is 2.72. The SMILES string of the molecule is CCCCOc1ccc(/C=C2\N=C(c3ccc(C)cc3)OC2=O)cc1OCC. The summed E-state index contributed by atoms with van der Waals surface area (Å²) in [5, 5.41) is 0. The van der Waals surface area contributed by atoms with Crippen molar-refractivity contribution in [2.24, 2.45) is 4.99 Å². The van der Waals surface area contributed by atoms with Crippen molar-refractivity contribution in [3.8, 4) is 11.5 Å². The summed E-state index contributed by atoms with van der Waals surface area (Å²) >= 11 is 0. The summed E-state index contributed by atoms with van der Waals surface area (Å²) in [7, 11) is 0. The van der Waals surface area contributed by atoms with Crippen LogP contribution in [0.5, 0.6) is 11.5 Å². The summed E-state index contributed by atoms with van der Waals surface area (Å²) in [6.07, 6.45) is 3.75. The summed E-state index contributed by atoms with van der Waals surface area (Å²) in [6.45, 7) is 7.22. The van der Waals surface area contributed by atoms with Gasteiger partial charge in [0.15, 0.2) is 17.2 Å². The fourth-order valence-electron chi connectivity index (χ4n) is 2.72. The highest BCUT2D eigenvalue weighted by Crippen LogP contribution is 2.30. The molecule has 5 nitrogen and oxygen atoms in total. The first kappa shape index (κ1) is 19.7. The third-order valence-corrected chi connectivity index (χ3v) is 4.25. The Kier molecular flexibility index (Phi) is 6.48. The number of hydrogen-bond acceptors (Lipinski definition) is 5. The Morgan fingerprint density at radius 2 is 1.82 bits per heavy atom. The highest BCUT2D eigenvalue weighted by molar-refractivity contribution is 6.12. The van der Waals surface area contributed by atoms with Crippen LogP contribution in [-0.4, -0.2) is 25.1 Å². The molecular formula is C23H25NO4. The Bertz CT molecular complexity index is 897. The Balaban J connectivity index is 1.84. The van der Waals surface area contributed by atoms with E-state index in [1.54, 1.807) is 6.08 Å². The van der Waals surface area contributed by atoms with Crippen molar-refractivity contribution in [1.29, 1.82) is 0 Å². The van der Waals surface area contributed by atoms with Crippen molar-refractivity contribution in [3.05, 3.63) is 64.9 Å². The number of hydrogen-bond donors (Lipinski definition) is 0. The second-order valence-corrected chi connectivity index (χ2v) is 6.54. The van der Waals surface area contributed by atoms with Gasteiger partial charge in [-0.25, -0.2) is 9.79 Å². The van der Waals surface area contributed by atoms with Crippen molar-refractivity contribution in [2.75, 3.05) is 13.2 Å². The van der Waals surface area contributed by atoms with Gasteiger partial charge >= 0.3 is 5.97 Å². The molecule has 0 saturated carbocycles. The number of carbonyl (C=O) groups excluding carboxylic acids is 1. The zero-order valence-electron chi connectivity index (χ0n) is 16.5. The Hall–Kier alpha value is -3.08. The van der Waals surface area contributed by atoms with E-state index in [0.717, 1.165) is 29.5 Å². The molecule has 0 N–H and O–H groups in total. The second kappa shape index (κ2) is 9.22. The van der Waals surface area contributed by atoms with E-state index < -0.39 is 5.97 Å². The Labute approximate surface area is 165 Å². The standard InChI is InChI=1S/C23H25NO4/c1-4-6-13-27-20-12-9-17(15-21(20)26-5-2)14-19-23(25)28-22(24-19)18-10-7-16(3)8-11-18/h7-12,14-15H,4-6,13H2,1-3H3/b19-14-. The van der Waals surface area contributed by atoms with E-state index >= 15 is 0 Å². The van der Waals surface area contributed by atoms with E-state index in [2.05, 4.69) is 11.9 Å². The van der Waals surface area contributed by atoms with Gasteiger partial charge in [0, 0.05) is 5.56 Å². The number of nitrogens with zero attached hydrogens (tertiary/aromatic N) is 1. The maximum atomic E-state index is 12.2. The van der Waals surface area contributed by atoms with E-state index in [1.165, 1.54) is 0 Å². The van der Waals surface area contributed by atoms with Crippen molar-refractivity contribution < 1.29 is 19.0 Å². The minimum absolute atomic E-state index is 0.262. The number of unbranched alkanes of at least 4 members (excludes halogenated alkanes) is 1. The van der Waals surface area contributed by atoms with Crippen molar-refractivity contribution in [3.63, 3.8) is 0 Å². The molecule has 0 atom stereocenters. The number of aliphatic imine (C=N–C) groups is 1. The second-order valence-electron chi connectivity index (χ2n) is 6.54. The van der Waals surface area contributed by atoms with Gasteiger partial charge in [0.05, 0.1) is 13.2 Å². The van der Waals surface area contributed by atoms with Gasteiger partial charge in [-0.1, -0.05) is 37.1 Å². The van der Waals surface area contributed by atoms with Crippen LogP contribution in [0.3, 0.4) is 0 Å². The predicted molar refractivity (Wildman–Crippen MR) is 110 cm³/mol. The zero-order valence-corrected chi connectivity index (χ0v) is 16.5. The molecule has 2 aromatic rings. The molecule has 0 aliphatic carbocycles. The van der Waals surface area contributed by atoms with Gasteiger partial charge in [-0.2, -0.15) is 0 Å². The third-order valence-electron chi connectivity index (χ3n) is 4.25. The average molecular weight is 379 g/mol. The molecule has 146 valence electrons. The van der Waals surface area contributed by atoms with Crippen molar-refractivity contribution in [2.45, 2.75) is 33.6 Å². The number of rotatable bonds is 8. The summed E-state index contributed by atoms with van der Waals surface area (Å²) < 4.78 is 16.8. The first-order valence-corrected chi connectivity index (χ1v) is 9.60. The summed E-state index contributed by atoms with van der Waals surface area (Å²) in [6, 6.07) is 13.3. The number of aryl methyl sites for hydroxylation is 1. The molecule has 1 aliphatic rings. The van der Waals surface area contributed by atoms with E-state index in [1.807, 2.05) is 56.3 Å². The highest BCUT2D eigenvalue weighted by atomic mass is 16.6. The first-order valence-electron chi connectivity index (χ1n) is 9.60. The largest absolute Gasteiger partial charge is 0.490 e. The molecule has 1 aliphatic heterocycles. The van der Waals surface area contributed by atoms with Gasteiger partial charge in [0.1, 0.15) is 0 Å². The van der Waals surface area contributed by atoms with Crippen LogP contribution in [-0.2, 0) is 9.53 Å². The molecule has 28 heavy (non-hydrogen) atoms. The van der Waals surface area contributed by atoms with Gasteiger partial charge < -0.3 is 14.2 Å². The van der Waals surface area contributed by atoms with Gasteiger partial charge in [-0.3, -0.25) is 0 Å². The molecule has 5 heteroatoms. The normalized spacial score (nSPS) is 14.8. The molecule has 0 amide bonds. The van der Waals surface area contributed by atoms with Crippen molar-refractivity contribution >= 4 is 17.9 Å². The van der Waals surface area contributed by atoms with Crippen LogP contribution < -0.4 is 9.47 Å². The Morgan fingerprint density at radius 1 is 1.04 bits per heavy atom. The lowest BCUT2D eigenvalue weighted by Crippen LogP contribution is -2.05. The van der Waals surface area contributed by atoms with Crippen LogP contribution in [0, 0.1) is 6.92 Å². The topological polar surface area (TPSA) is 57.1 Å². The molecule has 3 rings (SSSR count). The lowest BCUT2D eigenvalue weighted by molar-refractivity contribution is -0.129. The fraction of sp³-hybridized carbons (Fsp3) is 0.304. The van der Waals surface area contributed by atoms with Crippen LogP contribution in [0.4, 0.5) is 0 Å². The van der Waals surface area contributed by atoms with E-state index in [0.29, 0.717) is 30.6 Å². The molecule has 0 aromatic heterocycles. The van der Waals surface area contributed by atoms with E-state index in [4.69, 9.17) is 14.2 Å². The van der Waals surface area contributed by atoms with Gasteiger partial charge in [0.2, 0.25) is 5.90 Å². The van der Waals surface area contributed by atoms with Crippen LogP contribution in [0.1, 0.15) is 43.4 Å². The monoisotopic (exact) mass is 379 g/mol. The number of benzene rings is 2. The summed E-state index contributed by atoms with van der Waals surface area (Å²) in [5.74, 6) is 1.22. The first-order chi connectivity index (χ1) is 13.6. The average Bonchev–Trinajstić information content (AvgIpc) is 3.05. The van der Waals surface area contributed by atoms with Crippen LogP contribution in [0.15, 0.2) is 53.2 Å². The minimum atomic E-state index is -0.461. The molecular weight excluding hydrogens is 354 g/mol.